The maximum Gasteiger partial charge on any atom is 0.262 e. The van der Waals surface area contributed by atoms with Gasteiger partial charge in [0.15, 0.2) is 5.16 Å². The summed E-state index contributed by atoms with van der Waals surface area (Å²) in [6, 6.07) is 7.48. The lowest BCUT2D eigenvalue weighted by molar-refractivity contribution is -0.127. The zero-order valence-corrected chi connectivity index (χ0v) is 15.5. The molecule has 4 rings (SSSR count). The lowest BCUT2D eigenvalue weighted by Crippen LogP contribution is -2.29. The molecule has 1 aliphatic heterocycles. The van der Waals surface area contributed by atoms with Crippen LogP contribution in [0.25, 0.3) is 16.7 Å². The largest absolute Gasteiger partial charge is 0.342 e. The Balaban J connectivity index is 1.76. The molecule has 0 unspecified atom stereocenters. The third kappa shape index (κ3) is 2.88. The molecular formula is C18H21N5O2S. The van der Waals surface area contributed by atoms with Crippen molar-refractivity contribution in [1.29, 1.82) is 0 Å². The van der Waals surface area contributed by atoms with E-state index in [-0.39, 0.29) is 11.5 Å². The van der Waals surface area contributed by atoms with E-state index in [9.17, 15) is 9.59 Å². The predicted molar refractivity (Wildman–Crippen MR) is 102 cm³/mol. The van der Waals surface area contributed by atoms with Gasteiger partial charge in [0.05, 0.1) is 16.7 Å². The molecule has 3 aromatic rings. The van der Waals surface area contributed by atoms with Crippen molar-refractivity contribution in [3.63, 3.8) is 0 Å². The zero-order valence-electron chi connectivity index (χ0n) is 14.7. The molecule has 3 heterocycles. The molecule has 2 aromatic heterocycles. The van der Waals surface area contributed by atoms with Crippen LogP contribution in [0.5, 0.6) is 0 Å². The van der Waals surface area contributed by atoms with Crippen molar-refractivity contribution in [2.75, 3.05) is 18.8 Å². The van der Waals surface area contributed by atoms with Crippen LogP contribution in [0.1, 0.15) is 26.2 Å². The molecule has 0 bridgehead atoms. The van der Waals surface area contributed by atoms with E-state index in [1.165, 1.54) is 11.8 Å². The molecule has 1 aliphatic rings. The molecule has 8 heteroatoms. The summed E-state index contributed by atoms with van der Waals surface area (Å²) in [4.78, 5) is 27.1. The molecule has 0 radical (unpaired) electrons. The monoisotopic (exact) mass is 371 g/mol. The number of carbonyl (C=O) groups excluding carboxylic acids is 1. The molecule has 26 heavy (non-hydrogen) atoms. The highest BCUT2D eigenvalue weighted by Gasteiger charge is 2.20. The van der Waals surface area contributed by atoms with E-state index < -0.39 is 0 Å². The SMILES string of the molecule is CCCn1c(=O)c2ccccc2n2c(SCC(=O)N3CCCC3)nnc12. The van der Waals surface area contributed by atoms with Gasteiger partial charge in [-0.2, -0.15) is 0 Å². The first-order valence-electron chi connectivity index (χ1n) is 8.98. The number of aromatic nitrogens is 4. The van der Waals surface area contributed by atoms with Crippen molar-refractivity contribution in [3.05, 3.63) is 34.6 Å². The summed E-state index contributed by atoms with van der Waals surface area (Å²) in [5, 5.41) is 9.81. The zero-order chi connectivity index (χ0) is 18.1. The second-order valence-electron chi connectivity index (χ2n) is 6.47. The maximum atomic E-state index is 12.8. The smallest absolute Gasteiger partial charge is 0.262 e. The fraction of sp³-hybridized carbons (Fsp3) is 0.444. The van der Waals surface area contributed by atoms with Gasteiger partial charge in [-0.15, -0.1) is 10.2 Å². The Bertz CT molecular complexity index is 1020. The number of nitrogens with zero attached hydrogens (tertiary/aromatic N) is 5. The van der Waals surface area contributed by atoms with Gasteiger partial charge in [0.2, 0.25) is 11.7 Å². The number of fused-ring (bicyclic) bond motifs is 3. The van der Waals surface area contributed by atoms with Gasteiger partial charge in [0.25, 0.3) is 5.56 Å². The van der Waals surface area contributed by atoms with Crippen molar-refractivity contribution in [2.45, 2.75) is 37.9 Å². The fourth-order valence-electron chi connectivity index (χ4n) is 3.44. The van der Waals surface area contributed by atoms with Crippen LogP contribution < -0.4 is 5.56 Å². The average molecular weight is 371 g/mol. The van der Waals surface area contributed by atoms with Crippen molar-refractivity contribution in [3.8, 4) is 0 Å². The van der Waals surface area contributed by atoms with E-state index >= 15 is 0 Å². The van der Waals surface area contributed by atoms with E-state index in [2.05, 4.69) is 10.2 Å². The summed E-state index contributed by atoms with van der Waals surface area (Å²) < 4.78 is 3.57. The molecule has 1 aromatic carbocycles. The summed E-state index contributed by atoms with van der Waals surface area (Å²) in [5.74, 6) is 1.00. The van der Waals surface area contributed by atoms with Crippen LogP contribution in [0.15, 0.2) is 34.2 Å². The van der Waals surface area contributed by atoms with E-state index in [1.54, 1.807) is 4.57 Å². The first-order chi connectivity index (χ1) is 12.7. The Hall–Kier alpha value is -2.35. The molecule has 136 valence electrons. The van der Waals surface area contributed by atoms with E-state index in [0.717, 1.165) is 37.9 Å². The van der Waals surface area contributed by atoms with Gasteiger partial charge in [-0.05, 0) is 31.4 Å². The van der Waals surface area contributed by atoms with Crippen molar-refractivity contribution in [2.24, 2.45) is 0 Å². The first kappa shape index (κ1) is 17.1. The number of hydrogen-bond donors (Lipinski definition) is 0. The molecule has 0 N–H and O–H groups in total. The normalized spacial score (nSPS) is 14.6. The third-order valence-corrected chi connectivity index (χ3v) is 5.62. The quantitative estimate of drug-likeness (QED) is 0.643. The number of amides is 1. The Morgan fingerprint density at radius 3 is 2.73 bits per heavy atom. The number of carbonyl (C=O) groups is 1. The molecule has 1 amide bonds. The maximum absolute atomic E-state index is 12.8. The Kier molecular flexibility index (Phi) is 4.67. The van der Waals surface area contributed by atoms with Crippen molar-refractivity contribution >= 4 is 34.3 Å². The lowest BCUT2D eigenvalue weighted by Gasteiger charge is -2.14. The van der Waals surface area contributed by atoms with Gasteiger partial charge in [0.1, 0.15) is 0 Å². The summed E-state index contributed by atoms with van der Waals surface area (Å²) in [6.07, 6.45) is 2.99. The molecule has 0 atom stereocenters. The topological polar surface area (TPSA) is 72.5 Å². The van der Waals surface area contributed by atoms with Gasteiger partial charge in [0, 0.05) is 19.6 Å². The molecular weight excluding hydrogens is 350 g/mol. The Morgan fingerprint density at radius 1 is 1.19 bits per heavy atom. The van der Waals surface area contributed by atoms with Gasteiger partial charge in [-0.25, -0.2) is 0 Å². The van der Waals surface area contributed by atoms with E-state index in [1.807, 2.05) is 40.5 Å². The molecule has 7 nitrogen and oxygen atoms in total. The number of aryl methyl sites for hydroxylation is 1. The summed E-state index contributed by atoms with van der Waals surface area (Å²) in [5.41, 5.74) is 0.730. The minimum atomic E-state index is -0.0490. The standard InChI is InChI=1S/C18H21N5O2S/c1-2-9-22-16(25)13-7-3-4-8-14(13)23-17(22)19-20-18(23)26-12-15(24)21-10-5-6-11-21/h3-4,7-8H,2,5-6,9-12H2,1H3. The average Bonchev–Trinajstić information content (AvgIpc) is 3.33. The Labute approximate surface area is 155 Å². The number of rotatable bonds is 5. The third-order valence-electron chi connectivity index (χ3n) is 4.71. The van der Waals surface area contributed by atoms with Crippen LogP contribution >= 0.6 is 11.8 Å². The molecule has 1 saturated heterocycles. The molecule has 0 aliphatic carbocycles. The summed E-state index contributed by atoms with van der Waals surface area (Å²) >= 11 is 1.38. The summed E-state index contributed by atoms with van der Waals surface area (Å²) in [6.45, 7) is 4.31. The van der Waals surface area contributed by atoms with Crippen LogP contribution in [-0.4, -0.2) is 48.8 Å². The van der Waals surface area contributed by atoms with Gasteiger partial charge in [-0.1, -0.05) is 30.8 Å². The molecule has 0 spiro atoms. The second-order valence-corrected chi connectivity index (χ2v) is 7.41. The molecule has 1 fully saturated rings. The number of likely N-dealkylation sites (tertiary alicyclic amines) is 1. The summed E-state index contributed by atoms with van der Waals surface area (Å²) in [7, 11) is 0. The fourth-order valence-corrected chi connectivity index (χ4v) is 4.28. The highest BCUT2D eigenvalue weighted by molar-refractivity contribution is 7.99. The van der Waals surface area contributed by atoms with Crippen LogP contribution in [0, 0.1) is 0 Å². The minimum Gasteiger partial charge on any atom is -0.342 e. The number of hydrogen-bond acceptors (Lipinski definition) is 5. The van der Waals surface area contributed by atoms with Crippen LogP contribution in [-0.2, 0) is 11.3 Å². The van der Waals surface area contributed by atoms with Crippen molar-refractivity contribution in [1.82, 2.24) is 24.1 Å². The van der Waals surface area contributed by atoms with Crippen LogP contribution in [0.4, 0.5) is 0 Å². The first-order valence-corrected chi connectivity index (χ1v) is 9.96. The Morgan fingerprint density at radius 2 is 1.96 bits per heavy atom. The van der Waals surface area contributed by atoms with Crippen LogP contribution in [0.2, 0.25) is 0 Å². The number of benzene rings is 1. The van der Waals surface area contributed by atoms with Gasteiger partial charge in [-0.3, -0.25) is 18.6 Å². The highest BCUT2D eigenvalue weighted by atomic mass is 32.2. The van der Waals surface area contributed by atoms with Gasteiger partial charge < -0.3 is 4.90 Å². The number of para-hydroxylation sites is 1. The molecule has 0 saturated carbocycles. The number of thioether (sulfide) groups is 1. The lowest BCUT2D eigenvalue weighted by atomic mass is 10.2. The van der Waals surface area contributed by atoms with E-state index in [0.29, 0.717) is 28.6 Å². The van der Waals surface area contributed by atoms with E-state index in [4.69, 9.17) is 0 Å². The highest BCUT2D eigenvalue weighted by Crippen LogP contribution is 2.22. The van der Waals surface area contributed by atoms with Crippen LogP contribution in [0.3, 0.4) is 0 Å². The van der Waals surface area contributed by atoms with Gasteiger partial charge >= 0.3 is 0 Å². The minimum absolute atomic E-state index is 0.0490. The van der Waals surface area contributed by atoms with Crippen molar-refractivity contribution < 1.29 is 4.79 Å². The predicted octanol–water partition coefficient (Wildman–Crippen LogP) is 2.17. The second kappa shape index (κ2) is 7.11.